The molecule has 0 spiro atoms. The van der Waals surface area contributed by atoms with E-state index < -0.39 is 5.41 Å². The Morgan fingerprint density at radius 1 is 0.290 bits per heavy atom. The normalized spacial score (nSPS) is 12.5. The Morgan fingerprint density at radius 3 is 1.57 bits per heavy atom. The maximum Gasteiger partial charge on any atom is 0.0713 e. The smallest absolute Gasteiger partial charge is 0.0713 e. The van der Waals surface area contributed by atoms with Gasteiger partial charge in [0.25, 0.3) is 0 Å². The molecule has 0 fully saturated rings. The first-order valence-electron chi connectivity index (χ1n) is 23.8. The third kappa shape index (κ3) is 6.64. The van der Waals surface area contributed by atoms with Crippen molar-refractivity contribution < 1.29 is 0 Å². The van der Waals surface area contributed by atoms with Gasteiger partial charge >= 0.3 is 0 Å². The second-order valence-electron chi connectivity index (χ2n) is 18.0. The van der Waals surface area contributed by atoms with Crippen molar-refractivity contribution in [1.29, 1.82) is 0 Å². The van der Waals surface area contributed by atoms with Crippen molar-refractivity contribution in [2.24, 2.45) is 0 Å². The highest BCUT2D eigenvalue weighted by molar-refractivity contribution is 6.10. The van der Waals surface area contributed by atoms with Crippen LogP contribution in [0.25, 0.3) is 72.0 Å². The molecular weight excluding hydrogens is 833 g/mol. The van der Waals surface area contributed by atoms with Gasteiger partial charge in [-0.25, -0.2) is 0 Å². The Hall–Kier alpha value is -8.98. The monoisotopic (exact) mass is 878 g/mol. The maximum absolute atomic E-state index is 2.47. The van der Waals surface area contributed by atoms with E-state index in [0.717, 1.165) is 33.9 Å². The van der Waals surface area contributed by atoms with Crippen molar-refractivity contribution in [3.05, 3.63) is 301 Å². The number of hydrogen-bond donors (Lipinski definition) is 0. The van der Waals surface area contributed by atoms with Crippen LogP contribution in [0.5, 0.6) is 0 Å². The largest absolute Gasteiger partial charge is 0.310 e. The van der Waals surface area contributed by atoms with E-state index in [1.165, 1.54) is 77.4 Å². The van der Waals surface area contributed by atoms with E-state index in [1.807, 2.05) is 0 Å². The summed E-state index contributed by atoms with van der Waals surface area (Å²) in [6.45, 7) is 0. The van der Waals surface area contributed by atoms with Gasteiger partial charge in [0.15, 0.2) is 0 Å². The Labute approximate surface area is 403 Å². The summed E-state index contributed by atoms with van der Waals surface area (Å²) in [6, 6.07) is 102. The Balaban J connectivity index is 0.915. The van der Waals surface area contributed by atoms with Gasteiger partial charge in [-0.05, 0) is 116 Å². The van der Waals surface area contributed by atoms with E-state index in [1.54, 1.807) is 0 Å². The molecule has 1 aliphatic carbocycles. The van der Waals surface area contributed by atoms with E-state index >= 15 is 0 Å². The fourth-order valence-corrected chi connectivity index (χ4v) is 11.2. The third-order valence-electron chi connectivity index (χ3n) is 14.3. The number of rotatable bonds is 9. The summed E-state index contributed by atoms with van der Waals surface area (Å²) in [5.41, 5.74) is 21.2. The van der Waals surface area contributed by atoms with Crippen LogP contribution < -0.4 is 4.90 Å². The van der Waals surface area contributed by atoms with Gasteiger partial charge in [-0.1, -0.05) is 224 Å². The maximum atomic E-state index is 2.47. The molecular formula is C67H46N2. The SMILES string of the molecule is c1ccc(-c2cccc(N(c3ccccc3)c3ccccc3-c3ccc(-c4ccc5c6ccccc6n(-c6ccc7c(c6)-c6ccccc6C7(c6ccccc6)c6ccccc6)c5c4)cc3)c2)cc1. The molecule has 2 nitrogen and oxygen atoms in total. The van der Waals surface area contributed by atoms with Crippen molar-refractivity contribution in [1.82, 2.24) is 4.57 Å². The van der Waals surface area contributed by atoms with Gasteiger partial charge in [0.2, 0.25) is 0 Å². The fourth-order valence-electron chi connectivity index (χ4n) is 11.2. The molecule has 11 aromatic carbocycles. The molecule has 324 valence electrons. The Morgan fingerprint density at radius 2 is 0.812 bits per heavy atom. The number of fused-ring (bicyclic) bond motifs is 6. The zero-order chi connectivity index (χ0) is 45.7. The second-order valence-corrected chi connectivity index (χ2v) is 18.0. The van der Waals surface area contributed by atoms with Gasteiger partial charge in [-0.15, -0.1) is 0 Å². The molecule has 0 radical (unpaired) electrons. The molecule has 0 aliphatic heterocycles. The standard InChI is InChI=1S/C67H46N2/c1-5-20-47(21-6-1)50-22-19-29-55(44-50)68(54-27-11-4-12-28-54)64-34-17-14-30-57(64)49-38-36-48(37-39-49)51-40-42-60-59-32-15-18-35-65(59)69(66(60)45-51)56-41-43-63-61(46-56)58-31-13-16-33-62(58)67(63,52-23-7-2-8-24-52)53-25-9-3-10-26-53/h1-46H. The molecule has 0 atom stereocenters. The van der Waals surface area contributed by atoms with E-state index in [9.17, 15) is 0 Å². The van der Waals surface area contributed by atoms with Gasteiger partial charge in [0.1, 0.15) is 0 Å². The highest BCUT2D eigenvalue weighted by Crippen LogP contribution is 2.56. The lowest BCUT2D eigenvalue weighted by Crippen LogP contribution is -2.28. The summed E-state index contributed by atoms with van der Waals surface area (Å²) in [5.74, 6) is 0. The van der Waals surface area contributed by atoms with E-state index in [0.29, 0.717) is 0 Å². The van der Waals surface area contributed by atoms with E-state index in [4.69, 9.17) is 0 Å². The second kappa shape index (κ2) is 16.7. The Bertz CT molecular complexity index is 3780. The predicted octanol–water partition coefficient (Wildman–Crippen LogP) is 17.6. The molecule has 0 saturated carbocycles. The van der Waals surface area contributed by atoms with Crippen molar-refractivity contribution in [3.8, 4) is 50.2 Å². The molecule has 2 heteroatoms. The molecule has 69 heavy (non-hydrogen) atoms. The van der Waals surface area contributed by atoms with Crippen molar-refractivity contribution in [3.63, 3.8) is 0 Å². The van der Waals surface area contributed by atoms with Gasteiger partial charge < -0.3 is 9.47 Å². The molecule has 0 unspecified atom stereocenters. The number of benzene rings is 11. The first-order chi connectivity index (χ1) is 34.2. The van der Waals surface area contributed by atoms with Crippen molar-refractivity contribution >= 4 is 38.9 Å². The topological polar surface area (TPSA) is 8.17 Å². The van der Waals surface area contributed by atoms with Crippen molar-refractivity contribution in [2.75, 3.05) is 4.90 Å². The summed E-state index contributed by atoms with van der Waals surface area (Å²) in [4.78, 5) is 2.38. The minimum Gasteiger partial charge on any atom is -0.310 e. The van der Waals surface area contributed by atoms with Gasteiger partial charge in [-0.3, -0.25) is 0 Å². The number of para-hydroxylation sites is 3. The minimum absolute atomic E-state index is 0.444. The molecule has 12 aromatic rings. The summed E-state index contributed by atoms with van der Waals surface area (Å²) in [7, 11) is 0. The first kappa shape index (κ1) is 40.3. The molecule has 0 bridgehead atoms. The van der Waals surface area contributed by atoms with Crippen LogP contribution in [-0.4, -0.2) is 4.57 Å². The average Bonchev–Trinajstić information content (AvgIpc) is 3.92. The molecule has 1 aliphatic rings. The molecule has 0 N–H and O–H groups in total. The van der Waals surface area contributed by atoms with Crippen LogP contribution in [0, 0.1) is 0 Å². The summed E-state index contributed by atoms with van der Waals surface area (Å²) >= 11 is 0. The lowest BCUT2D eigenvalue weighted by molar-refractivity contribution is 0.768. The molecule has 0 saturated heterocycles. The average molecular weight is 879 g/mol. The van der Waals surface area contributed by atoms with E-state index in [-0.39, 0.29) is 0 Å². The van der Waals surface area contributed by atoms with Crippen LogP contribution >= 0.6 is 0 Å². The predicted molar refractivity (Wildman–Crippen MR) is 289 cm³/mol. The molecule has 1 heterocycles. The number of anilines is 3. The lowest BCUT2D eigenvalue weighted by atomic mass is 9.68. The molecule has 1 aromatic heterocycles. The zero-order valence-electron chi connectivity index (χ0n) is 38.0. The summed E-state index contributed by atoms with van der Waals surface area (Å²) in [5, 5.41) is 2.48. The number of nitrogens with zero attached hydrogens (tertiary/aromatic N) is 2. The van der Waals surface area contributed by atoms with Crippen LogP contribution in [0.2, 0.25) is 0 Å². The minimum atomic E-state index is -0.444. The lowest BCUT2D eigenvalue weighted by Gasteiger charge is -2.33. The first-order valence-corrected chi connectivity index (χ1v) is 23.8. The number of aromatic nitrogens is 1. The number of hydrogen-bond acceptors (Lipinski definition) is 1. The van der Waals surface area contributed by atoms with Crippen LogP contribution in [-0.2, 0) is 5.41 Å². The molecule has 13 rings (SSSR count). The van der Waals surface area contributed by atoms with Crippen molar-refractivity contribution in [2.45, 2.75) is 5.41 Å². The van der Waals surface area contributed by atoms with Crippen LogP contribution in [0.3, 0.4) is 0 Å². The van der Waals surface area contributed by atoms with Gasteiger partial charge in [0.05, 0.1) is 22.1 Å². The van der Waals surface area contributed by atoms with E-state index in [2.05, 4.69) is 289 Å². The molecule has 0 amide bonds. The van der Waals surface area contributed by atoms with Crippen LogP contribution in [0.15, 0.2) is 279 Å². The fraction of sp³-hybridized carbons (Fsp3) is 0.0149. The van der Waals surface area contributed by atoms with Gasteiger partial charge in [-0.2, -0.15) is 0 Å². The third-order valence-corrected chi connectivity index (χ3v) is 14.3. The van der Waals surface area contributed by atoms with Crippen LogP contribution in [0.1, 0.15) is 22.3 Å². The summed E-state index contributed by atoms with van der Waals surface area (Å²) < 4.78 is 2.47. The highest BCUT2D eigenvalue weighted by atomic mass is 15.1. The zero-order valence-corrected chi connectivity index (χ0v) is 38.0. The Kier molecular flexibility index (Phi) is 9.77. The van der Waals surface area contributed by atoms with Gasteiger partial charge in [0, 0.05) is 33.4 Å². The highest BCUT2D eigenvalue weighted by Gasteiger charge is 2.46. The summed E-state index contributed by atoms with van der Waals surface area (Å²) in [6.07, 6.45) is 0. The van der Waals surface area contributed by atoms with Crippen LogP contribution in [0.4, 0.5) is 17.1 Å². The quantitative estimate of drug-likeness (QED) is 0.140.